The molecule has 2 rings (SSSR count). The fourth-order valence-corrected chi connectivity index (χ4v) is 2.13. The molecule has 0 spiro atoms. The van der Waals surface area contributed by atoms with Gasteiger partial charge in [0.2, 0.25) is 5.88 Å². The Balaban J connectivity index is 2.38. The van der Waals surface area contributed by atoms with Gasteiger partial charge in [0, 0.05) is 11.8 Å². The van der Waals surface area contributed by atoms with Crippen LogP contribution in [0.25, 0.3) is 0 Å². The Hall–Kier alpha value is -1.78. The predicted octanol–water partition coefficient (Wildman–Crippen LogP) is 4.83. The van der Waals surface area contributed by atoms with Gasteiger partial charge >= 0.3 is 5.97 Å². The molecule has 6 heteroatoms. The summed E-state index contributed by atoms with van der Waals surface area (Å²) in [4.78, 5) is 15.4. The topological polar surface area (TPSA) is 59.4 Å². The molecular weight excluding hydrogens is 313 g/mol. The monoisotopic (exact) mass is 325 g/mol. The minimum atomic E-state index is -1.03. The van der Waals surface area contributed by atoms with Gasteiger partial charge in [-0.15, -0.1) is 0 Å². The van der Waals surface area contributed by atoms with Gasteiger partial charge < -0.3 is 9.84 Å². The van der Waals surface area contributed by atoms with Crippen LogP contribution in [-0.4, -0.2) is 16.1 Å². The van der Waals surface area contributed by atoms with E-state index in [1.54, 1.807) is 18.2 Å². The summed E-state index contributed by atoms with van der Waals surface area (Å²) >= 11 is 12.0. The third kappa shape index (κ3) is 3.86. The highest BCUT2D eigenvalue weighted by atomic mass is 35.5. The molecule has 21 heavy (non-hydrogen) atoms. The summed E-state index contributed by atoms with van der Waals surface area (Å²) < 4.78 is 5.58. The van der Waals surface area contributed by atoms with E-state index < -0.39 is 5.97 Å². The average molecular weight is 326 g/mol. The molecule has 0 bridgehead atoms. The summed E-state index contributed by atoms with van der Waals surface area (Å²) in [7, 11) is 0. The van der Waals surface area contributed by atoms with Gasteiger partial charge in [-0.2, -0.15) is 0 Å². The van der Waals surface area contributed by atoms with Crippen LogP contribution in [0.5, 0.6) is 11.6 Å². The average Bonchev–Trinajstić information content (AvgIpc) is 2.44. The third-order valence-corrected chi connectivity index (χ3v) is 3.54. The van der Waals surface area contributed by atoms with Crippen molar-refractivity contribution in [3.63, 3.8) is 0 Å². The maximum Gasteiger partial charge on any atom is 0.335 e. The number of hydrogen-bond acceptors (Lipinski definition) is 3. The smallest absolute Gasteiger partial charge is 0.335 e. The van der Waals surface area contributed by atoms with Crippen molar-refractivity contribution in [2.24, 2.45) is 0 Å². The van der Waals surface area contributed by atoms with Crippen LogP contribution in [0.4, 0.5) is 0 Å². The van der Waals surface area contributed by atoms with E-state index >= 15 is 0 Å². The molecule has 0 fully saturated rings. The lowest BCUT2D eigenvalue weighted by molar-refractivity contribution is 0.0696. The molecule has 110 valence electrons. The van der Waals surface area contributed by atoms with Crippen molar-refractivity contribution in [2.45, 2.75) is 19.8 Å². The van der Waals surface area contributed by atoms with Crippen LogP contribution in [0.1, 0.15) is 29.4 Å². The summed E-state index contributed by atoms with van der Waals surface area (Å²) in [6, 6.07) is 7.87. The number of carboxylic acid groups (broad SMARTS) is 1. The fourth-order valence-electron chi connectivity index (χ4n) is 1.80. The van der Waals surface area contributed by atoms with E-state index in [1.165, 1.54) is 12.1 Å². The summed E-state index contributed by atoms with van der Waals surface area (Å²) in [6.45, 7) is 1.99. The molecule has 1 heterocycles. The van der Waals surface area contributed by atoms with Gasteiger partial charge in [0.05, 0.1) is 10.6 Å². The maximum absolute atomic E-state index is 11.2. The normalized spacial score (nSPS) is 10.4. The molecule has 0 amide bonds. The number of aromatic carboxylic acids is 1. The Morgan fingerprint density at radius 1 is 1.33 bits per heavy atom. The SMILES string of the molecule is CCCc1cc(C(=O)O)cc(Oc2cccc(Cl)c2Cl)n1. The van der Waals surface area contributed by atoms with Crippen molar-refractivity contribution >= 4 is 29.2 Å². The number of aromatic nitrogens is 1. The highest BCUT2D eigenvalue weighted by Gasteiger charge is 2.12. The first-order valence-corrected chi connectivity index (χ1v) is 7.13. The van der Waals surface area contributed by atoms with Crippen molar-refractivity contribution in [3.8, 4) is 11.6 Å². The van der Waals surface area contributed by atoms with E-state index in [1.807, 2.05) is 6.92 Å². The number of halogens is 2. The van der Waals surface area contributed by atoms with E-state index in [0.717, 1.165) is 6.42 Å². The van der Waals surface area contributed by atoms with Crippen LogP contribution in [0.2, 0.25) is 10.0 Å². The van der Waals surface area contributed by atoms with Crippen molar-refractivity contribution in [1.82, 2.24) is 4.98 Å². The second-order valence-electron chi connectivity index (χ2n) is 4.39. The third-order valence-electron chi connectivity index (χ3n) is 2.74. The Morgan fingerprint density at radius 2 is 2.10 bits per heavy atom. The first kappa shape index (κ1) is 15.6. The fraction of sp³-hybridized carbons (Fsp3) is 0.200. The van der Waals surface area contributed by atoms with E-state index in [0.29, 0.717) is 22.9 Å². The lowest BCUT2D eigenvalue weighted by Crippen LogP contribution is -2.02. The van der Waals surface area contributed by atoms with Crippen LogP contribution >= 0.6 is 23.2 Å². The predicted molar refractivity (Wildman–Crippen MR) is 81.7 cm³/mol. The molecule has 0 saturated carbocycles. The van der Waals surface area contributed by atoms with E-state index in [4.69, 9.17) is 33.0 Å². The van der Waals surface area contributed by atoms with Gasteiger partial charge in [-0.05, 0) is 24.6 Å². The molecule has 1 aromatic heterocycles. The molecule has 0 unspecified atom stereocenters. The summed E-state index contributed by atoms with van der Waals surface area (Å²) in [5.74, 6) is -0.513. The van der Waals surface area contributed by atoms with Crippen molar-refractivity contribution < 1.29 is 14.6 Å². The summed E-state index contributed by atoms with van der Waals surface area (Å²) in [5.41, 5.74) is 0.784. The van der Waals surface area contributed by atoms with E-state index in [9.17, 15) is 4.79 Å². The number of aryl methyl sites for hydroxylation is 1. The van der Waals surface area contributed by atoms with Crippen LogP contribution in [0, 0.1) is 0 Å². The standard InChI is InChI=1S/C15H13Cl2NO3/c1-2-4-10-7-9(15(19)20)8-13(18-10)21-12-6-3-5-11(16)14(12)17/h3,5-8H,2,4H2,1H3,(H,19,20). The molecule has 0 atom stereocenters. The van der Waals surface area contributed by atoms with Gasteiger partial charge in [-0.3, -0.25) is 0 Å². The number of ether oxygens (including phenoxy) is 1. The highest BCUT2D eigenvalue weighted by Crippen LogP contribution is 2.34. The first-order chi connectivity index (χ1) is 10.0. The van der Waals surface area contributed by atoms with Gasteiger partial charge in [0.15, 0.2) is 0 Å². The zero-order valence-corrected chi connectivity index (χ0v) is 12.8. The molecule has 0 aliphatic heterocycles. The number of rotatable bonds is 5. The second kappa shape index (κ2) is 6.78. The summed E-state index contributed by atoms with van der Waals surface area (Å²) in [5, 5.41) is 9.76. The largest absolute Gasteiger partial charge is 0.478 e. The molecular formula is C15H13Cl2NO3. The van der Waals surface area contributed by atoms with Gasteiger partial charge in [-0.1, -0.05) is 42.6 Å². The van der Waals surface area contributed by atoms with Crippen LogP contribution in [-0.2, 0) is 6.42 Å². The van der Waals surface area contributed by atoms with E-state index in [-0.39, 0.29) is 16.5 Å². The number of carboxylic acids is 1. The lowest BCUT2D eigenvalue weighted by atomic mass is 10.1. The Labute approximate surface area is 132 Å². The Bertz CT molecular complexity index is 674. The zero-order valence-electron chi connectivity index (χ0n) is 11.3. The van der Waals surface area contributed by atoms with Crippen molar-refractivity contribution in [3.05, 3.63) is 51.6 Å². The Kier molecular flexibility index (Phi) is 5.04. The Morgan fingerprint density at radius 3 is 2.76 bits per heavy atom. The van der Waals surface area contributed by atoms with Crippen LogP contribution in [0.3, 0.4) is 0 Å². The number of nitrogens with zero attached hydrogens (tertiary/aromatic N) is 1. The van der Waals surface area contributed by atoms with Crippen LogP contribution < -0.4 is 4.74 Å². The minimum absolute atomic E-state index is 0.126. The molecule has 0 radical (unpaired) electrons. The summed E-state index contributed by atoms with van der Waals surface area (Å²) in [6.07, 6.45) is 1.52. The second-order valence-corrected chi connectivity index (χ2v) is 5.18. The molecule has 2 aromatic rings. The number of pyridine rings is 1. The van der Waals surface area contributed by atoms with Crippen molar-refractivity contribution in [1.29, 1.82) is 0 Å². The number of hydrogen-bond donors (Lipinski definition) is 1. The molecule has 4 nitrogen and oxygen atoms in total. The number of carbonyl (C=O) groups is 1. The number of benzene rings is 1. The van der Waals surface area contributed by atoms with E-state index in [2.05, 4.69) is 4.98 Å². The zero-order chi connectivity index (χ0) is 15.4. The van der Waals surface area contributed by atoms with Crippen LogP contribution in [0.15, 0.2) is 30.3 Å². The minimum Gasteiger partial charge on any atom is -0.478 e. The first-order valence-electron chi connectivity index (χ1n) is 6.37. The molecule has 1 N–H and O–H groups in total. The molecule has 0 saturated heterocycles. The quantitative estimate of drug-likeness (QED) is 0.855. The maximum atomic E-state index is 11.2. The van der Waals surface area contributed by atoms with Gasteiger partial charge in [0.1, 0.15) is 10.8 Å². The highest BCUT2D eigenvalue weighted by molar-refractivity contribution is 6.42. The van der Waals surface area contributed by atoms with Gasteiger partial charge in [-0.25, -0.2) is 9.78 Å². The lowest BCUT2D eigenvalue weighted by Gasteiger charge is -2.10. The van der Waals surface area contributed by atoms with Crippen molar-refractivity contribution in [2.75, 3.05) is 0 Å². The molecule has 0 aliphatic rings. The molecule has 1 aromatic carbocycles. The van der Waals surface area contributed by atoms with Gasteiger partial charge in [0.25, 0.3) is 0 Å². The molecule has 0 aliphatic carbocycles.